The zero-order valence-corrected chi connectivity index (χ0v) is 13.2. The summed E-state index contributed by atoms with van der Waals surface area (Å²) in [4.78, 5) is 13.7. The SMILES string of the molecule is Cl.N[C@@H]1CCN(C(=O)CCCOCCc2ccccc2)C1. The summed E-state index contributed by atoms with van der Waals surface area (Å²) in [6.07, 6.45) is 3.21. The molecule has 1 aromatic rings. The van der Waals surface area contributed by atoms with E-state index < -0.39 is 0 Å². The lowest BCUT2D eigenvalue weighted by atomic mass is 10.2. The van der Waals surface area contributed by atoms with Crippen LogP contribution in [0.2, 0.25) is 0 Å². The Morgan fingerprint density at radius 1 is 1.29 bits per heavy atom. The Morgan fingerprint density at radius 3 is 2.71 bits per heavy atom. The van der Waals surface area contributed by atoms with Crippen molar-refractivity contribution >= 4 is 18.3 Å². The summed E-state index contributed by atoms with van der Waals surface area (Å²) in [5.41, 5.74) is 7.08. The first kappa shape index (κ1) is 18.0. The number of hydrogen-bond donors (Lipinski definition) is 1. The lowest BCUT2D eigenvalue weighted by molar-refractivity contribution is -0.130. The van der Waals surface area contributed by atoms with Crippen molar-refractivity contribution in [2.45, 2.75) is 31.7 Å². The van der Waals surface area contributed by atoms with Crippen LogP contribution in [0, 0.1) is 0 Å². The molecule has 1 heterocycles. The molecule has 0 aliphatic carbocycles. The number of nitrogens with zero attached hydrogens (tertiary/aromatic N) is 1. The lowest BCUT2D eigenvalue weighted by Crippen LogP contribution is -2.31. The Hall–Kier alpha value is -1.10. The molecule has 118 valence electrons. The third-order valence-corrected chi connectivity index (χ3v) is 3.63. The molecule has 0 saturated carbocycles. The van der Waals surface area contributed by atoms with Crippen molar-refractivity contribution in [3.05, 3.63) is 35.9 Å². The molecule has 1 aliphatic heterocycles. The van der Waals surface area contributed by atoms with Crippen molar-refractivity contribution < 1.29 is 9.53 Å². The van der Waals surface area contributed by atoms with Crippen LogP contribution in [0.1, 0.15) is 24.8 Å². The number of carbonyl (C=O) groups excluding carboxylic acids is 1. The van der Waals surface area contributed by atoms with Crippen LogP contribution in [0.25, 0.3) is 0 Å². The van der Waals surface area contributed by atoms with E-state index in [0.29, 0.717) is 26.2 Å². The van der Waals surface area contributed by atoms with Gasteiger partial charge in [-0.15, -0.1) is 12.4 Å². The monoisotopic (exact) mass is 312 g/mol. The van der Waals surface area contributed by atoms with E-state index in [-0.39, 0.29) is 24.4 Å². The van der Waals surface area contributed by atoms with Crippen molar-refractivity contribution in [1.29, 1.82) is 0 Å². The number of halogens is 1. The van der Waals surface area contributed by atoms with Gasteiger partial charge in [-0.05, 0) is 24.8 Å². The van der Waals surface area contributed by atoms with E-state index in [1.54, 1.807) is 0 Å². The maximum atomic E-state index is 11.9. The lowest BCUT2D eigenvalue weighted by Gasteiger charge is -2.15. The summed E-state index contributed by atoms with van der Waals surface area (Å²) < 4.78 is 5.58. The van der Waals surface area contributed by atoms with Gasteiger partial charge < -0.3 is 15.4 Å². The highest BCUT2D eigenvalue weighted by atomic mass is 35.5. The fourth-order valence-corrected chi connectivity index (χ4v) is 2.43. The van der Waals surface area contributed by atoms with E-state index in [1.165, 1.54) is 5.56 Å². The number of benzene rings is 1. The smallest absolute Gasteiger partial charge is 0.222 e. The third-order valence-electron chi connectivity index (χ3n) is 3.63. The predicted octanol–water partition coefficient (Wildman–Crippen LogP) is 2.01. The highest BCUT2D eigenvalue weighted by Gasteiger charge is 2.22. The van der Waals surface area contributed by atoms with Crippen molar-refractivity contribution in [2.24, 2.45) is 5.73 Å². The van der Waals surface area contributed by atoms with Gasteiger partial charge >= 0.3 is 0 Å². The Labute approximate surface area is 133 Å². The molecule has 1 saturated heterocycles. The summed E-state index contributed by atoms with van der Waals surface area (Å²) >= 11 is 0. The van der Waals surface area contributed by atoms with Gasteiger partial charge in [0, 0.05) is 32.2 Å². The third kappa shape index (κ3) is 6.46. The minimum atomic E-state index is 0. The summed E-state index contributed by atoms with van der Waals surface area (Å²) in [5, 5.41) is 0. The Morgan fingerprint density at radius 2 is 2.05 bits per heavy atom. The molecule has 4 nitrogen and oxygen atoms in total. The Bertz CT molecular complexity index is 414. The number of nitrogens with two attached hydrogens (primary N) is 1. The molecule has 2 N–H and O–H groups in total. The molecule has 0 radical (unpaired) electrons. The van der Waals surface area contributed by atoms with Gasteiger partial charge in [-0.3, -0.25) is 4.79 Å². The summed E-state index contributed by atoms with van der Waals surface area (Å²) in [6, 6.07) is 10.5. The van der Waals surface area contributed by atoms with E-state index in [0.717, 1.165) is 25.8 Å². The van der Waals surface area contributed by atoms with Crippen molar-refractivity contribution in [2.75, 3.05) is 26.3 Å². The molecule has 1 aliphatic rings. The van der Waals surface area contributed by atoms with Crippen LogP contribution in [0.5, 0.6) is 0 Å². The fraction of sp³-hybridized carbons (Fsp3) is 0.562. The van der Waals surface area contributed by atoms with Crippen LogP contribution in [-0.2, 0) is 16.0 Å². The van der Waals surface area contributed by atoms with E-state index in [4.69, 9.17) is 10.5 Å². The molecule has 21 heavy (non-hydrogen) atoms. The second-order valence-corrected chi connectivity index (χ2v) is 5.34. The van der Waals surface area contributed by atoms with E-state index in [9.17, 15) is 4.79 Å². The molecular weight excluding hydrogens is 288 g/mol. The number of rotatable bonds is 7. The zero-order valence-electron chi connectivity index (χ0n) is 12.4. The Balaban J connectivity index is 0.00000220. The molecule has 0 bridgehead atoms. The Kier molecular flexibility index (Phi) is 8.35. The number of likely N-dealkylation sites (tertiary alicyclic amines) is 1. The van der Waals surface area contributed by atoms with E-state index in [2.05, 4.69) is 12.1 Å². The predicted molar refractivity (Wildman–Crippen MR) is 86.6 cm³/mol. The molecule has 1 aromatic carbocycles. The molecule has 1 fully saturated rings. The topological polar surface area (TPSA) is 55.6 Å². The fourth-order valence-electron chi connectivity index (χ4n) is 2.43. The van der Waals surface area contributed by atoms with Crippen LogP contribution >= 0.6 is 12.4 Å². The second-order valence-electron chi connectivity index (χ2n) is 5.34. The number of carbonyl (C=O) groups is 1. The van der Waals surface area contributed by atoms with Gasteiger partial charge in [0.15, 0.2) is 0 Å². The normalized spacial score (nSPS) is 17.6. The molecule has 1 atom stereocenters. The highest BCUT2D eigenvalue weighted by Crippen LogP contribution is 2.09. The van der Waals surface area contributed by atoms with Gasteiger partial charge in [-0.25, -0.2) is 0 Å². The minimum Gasteiger partial charge on any atom is -0.381 e. The quantitative estimate of drug-likeness (QED) is 0.784. The molecule has 0 unspecified atom stereocenters. The first-order valence-electron chi connectivity index (χ1n) is 7.41. The van der Waals surface area contributed by atoms with Gasteiger partial charge in [0.2, 0.25) is 5.91 Å². The van der Waals surface area contributed by atoms with Crippen molar-refractivity contribution in [3.63, 3.8) is 0 Å². The van der Waals surface area contributed by atoms with Gasteiger partial charge in [-0.1, -0.05) is 30.3 Å². The van der Waals surface area contributed by atoms with Crippen LogP contribution in [-0.4, -0.2) is 43.2 Å². The van der Waals surface area contributed by atoms with E-state index >= 15 is 0 Å². The average molecular weight is 313 g/mol. The second kappa shape index (κ2) is 9.77. The van der Waals surface area contributed by atoms with Gasteiger partial charge in [0.05, 0.1) is 6.61 Å². The van der Waals surface area contributed by atoms with E-state index in [1.807, 2.05) is 23.1 Å². The molecule has 0 aromatic heterocycles. The average Bonchev–Trinajstić information content (AvgIpc) is 2.90. The molecule has 2 rings (SSSR count). The van der Waals surface area contributed by atoms with Crippen LogP contribution < -0.4 is 5.73 Å². The molecule has 5 heteroatoms. The molecular formula is C16H25ClN2O2. The van der Waals surface area contributed by atoms with Crippen molar-refractivity contribution in [3.8, 4) is 0 Å². The summed E-state index contributed by atoms with van der Waals surface area (Å²) in [5.74, 6) is 0.213. The number of ether oxygens (including phenoxy) is 1. The highest BCUT2D eigenvalue weighted by molar-refractivity contribution is 5.85. The maximum absolute atomic E-state index is 11.9. The van der Waals surface area contributed by atoms with Gasteiger partial charge in [0.25, 0.3) is 0 Å². The van der Waals surface area contributed by atoms with Crippen LogP contribution in [0.3, 0.4) is 0 Å². The van der Waals surface area contributed by atoms with Crippen LogP contribution in [0.15, 0.2) is 30.3 Å². The first-order valence-corrected chi connectivity index (χ1v) is 7.41. The summed E-state index contributed by atoms with van der Waals surface area (Å²) in [7, 11) is 0. The number of amides is 1. The van der Waals surface area contributed by atoms with Crippen LogP contribution in [0.4, 0.5) is 0 Å². The standard InChI is InChI=1S/C16H24N2O2.ClH/c17-15-8-10-18(13-15)16(19)7-4-11-20-12-9-14-5-2-1-3-6-14;/h1-3,5-6,15H,4,7-13,17H2;1H/t15-;/m1./s1. The first-order chi connectivity index (χ1) is 9.75. The zero-order chi connectivity index (χ0) is 14.2. The van der Waals surface area contributed by atoms with Gasteiger partial charge in [-0.2, -0.15) is 0 Å². The maximum Gasteiger partial charge on any atom is 0.222 e. The minimum absolute atomic E-state index is 0. The number of hydrogen-bond acceptors (Lipinski definition) is 3. The van der Waals surface area contributed by atoms with Crippen molar-refractivity contribution in [1.82, 2.24) is 4.90 Å². The van der Waals surface area contributed by atoms with Gasteiger partial charge in [0.1, 0.15) is 0 Å². The molecule has 0 spiro atoms. The summed E-state index contributed by atoms with van der Waals surface area (Å²) in [6.45, 7) is 2.90. The largest absolute Gasteiger partial charge is 0.381 e. The molecule has 1 amide bonds.